The predicted octanol–water partition coefficient (Wildman–Crippen LogP) is 1.95. The fourth-order valence-electron chi connectivity index (χ4n) is 3.99. The summed E-state index contributed by atoms with van der Waals surface area (Å²) in [5, 5.41) is 0. The summed E-state index contributed by atoms with van der Waals surface area (Å²) < 4.78 is 34.7. The van der Waals surface area contributed by atoms with Crippen LogP contribution in [0.4, 0.5) is 13.6 Å². The molecule has 1 aromatic carbocycles. The minimum absolute atomic E-state index is 0.297. The third-order valence-corrected chi connectivity index (χ3v) is 5.31. The number of nitrogens with two attached hydrogens (primary N) is 1. The quantitative estimate of drug-likeness (QED) is 0.842. The van der Waals surface area contributed by atoms with Gasteiger partial charge in [-0.25, -0.2) is 18.6 Å². The van der Waals surface area contributed by atoms with E-state index in [0.29, 0.717) is 38.0 Å². The van der Waals surface area contributed by atoms with Crippen LogP contribution in [0.3, 0.4) is 0 Å². The van der Waals surface area contributed by atoms with E-state index in [2.05, 4.69) is 9.55 Å². The summed E-state index contributed by atoms with van der Waals surface area (Å²) >= 11 is 0. The molecule has 2 aromatic rings. The first-order valence-corrected chi connectivity index (χ1v) is 8.58. The van der Waals surface area contributed by atoms with Crippen LogP contribution in [0, 0.1) is 11.6 Å². The Morgan fingerprint density at radius 1 is 1.31 bits per heavy atom. The molecule has 0 fully saturated rings. The molecular formula is C18H20F2N4O2. The number of hydrogen-bond donors (Lipinski definition) is 1. The van der Waals surface area contributed by atoms with E-state index in [1.165, 1.54) is 13.2 Å². The maximum Gasteiger partial charge on any atom is 0.409 e. The lowest BCUT2D eigenvalue weighted by molar-refractivity contribution is 0.111. The van der Waals surface area contributed by atoms with Gasteiger partial charge in [-0.3, -0.25) is 4.90 Å². The number of ether oxygens (including phenoxy) is 1. The highest BCUT2D eigenvalue weighted by molar-refractivity contribution is 5.67. The summed E-state index contributed by atoms with van der Waals surface area (Å²) in [5.41, 5.74) is 8.50. The molecule has 26 heavy (non-hydrogen) atoms. The number of benzene rings is 1. The molecule has 0 unspecified atom stereocenters. The van der Waals surface area contributed by atoms with E-state index >= 15 is 0 Å². The topological polar surface area (TPSA) is 73.4 Å². The van der Waals surface area contributed by atoms with E-state index < -0.39 is 11.6 Å². The van der Waals surface area contributed by atoms with Crippen molar-refractivity contribution in [1.82, 2.24) is 14.5 Å². The molecule has 0 bridgehead atoms. The Hall–Kier alpha value is -2.48. The van der Waals surface area contributed by atoms with Gasteiger partial charge in [0.05, 0.1) is 19.3 Å². The average Bonchev–Trinajstić information content (AvgIpc) is 2.99. The zero-order valence-electron chi connectivity index (χ0n) is 14.4. The maximum absolute atomic E-state index is 14.2. The summed E-state index contributed by atoms with van der Waals surface area (Å²) in [6, 6.07) is 3.15. The number of hydrogen-bond acceptors (Lipinski definition) is 4. The van der Waals surface area contributed by atoms with Gasteiger partial charge in [-0.1, -0.05) is 0 Å². The Bertz CT molecular complexity index is 867. The van der Waals surface area contributed by atoms with Crippen LogP contribution in [0.15, 0.2) is 18.2 Å². The van der Waals surface area contributed by atoms with Gasteiger partial charge >= 0.3 is 6.09 Å². The van der Waals surface area contributed by atoms with E-state index in [1.807, 2.05) is 0 Å². The summed E-state index contributed by atoms with van der Waals surface area (Å²) in [6.45, 7) is 1.53. The Kier molecular flexibility index (Phi) is 4.14. The van der Waals surface area contributed by atoms with Crippen molar-refractivity contribution < 1.29 is 18.3 Å². The molecule has 0 radical (unpaired) electrons. The normalized spacial score (nSPS) is 21.9. The number of fused-ring (bicyclic) bond motifs is 3. The second-order valence-corrected chi connectivity index (χ2v) is 6.81. The zero-order chi connectivity index (χ0) is 18.4. The molecule has 1 aliphatic heterocycles. The summed E-state index contributed by atoms with van der Waals surface area (Å²) in [6.07, 6.45) is 0.615. The maximum atomic E-state index is 14.2. The summed E-state index contributed by atoms with van der Waals surface area (Å²) in [4.78, 5) is 18.0. The van der Waals surface area contributed by atoms with Gasteiger partial charge in [-0.15, -0.1) is 0 Å². The van der Waals surface area contributed by atoms with Gasteiger partial charge in [0.1, 0.15) is 17.5 Å². The number of aromatic nitrogens is 2. The highest BCUT2D eigenvalue weighted by Gasteiger charge is 2.35. The van der Waals surface area contributed by atoms with Gasteiger partial charge in [0.2, 0.25) is 0 Å². The van der Waals surface area contributed by atoms with E-state index in [9.17, 15) is 13.6 Å². The Morgan fingerprint density at radius 3 is 2.88 bits per heavy atom. The molecule has 0 saturated heterocycles. The summed E-state index contributed by atoms with van der Waals surface area (Å²) in [7, 11) is 1.35. The van der Waals surface area contributed by atoms with Gasteiger partial charge in [-0.2, -0.15) is 0 Å². The van der Waals surface area contributed by atoms with Gasteiger partial charge in [0, 0.05) is 37.2 Å². The van der Waals surface area contributed by atoms with Crippen LogP contribution >= 0.6 is 0 Å². The van der Waals surface area contributed by atoms with Crippen LogP contribution in [-0.4, -0.2) is 40.2 Å². The standard InChI is InChI=1S/C18H20F2N4O2/c1-26-18(25)23-4-5-24-16-8-14(21)12(7-15(16)22-17(24)9-23)11-6-10(19)2-3-13(11)20/h2-3,6,12,14H,4-5,7-9,21H2,1H3/t12-,14+/m1/s1. The Labute approximate surface area is 149 Å². The SMILES string of the molecule is COC(=O)N1CCn2c(nc3c2C[C@H](N)[C@@H](c2cc(F)ccc2F)C3)C1. The fraction of sp³-hybridized carbons (Fsp3) is 0.444. The van der Waals surface area contributed by atoms with Gasteiger partial charge in [-0.05, 0) is 30.2 Å². The number of carbonyl (C=O) groups excluding carboxylic acids is 1. The molecule has 0 saturated carbocycles. The molecule has 1 amide bonds. The molecule has 138 valence electrons. The van der Waals surface area contributed by atoms with Crippen LogP contribution < -0.4 is 5.73 Å². The van der Waals surface area contributed by atoms with E-state index in [4.69, 9.17) is 10.5 Å². The van der Waals surface area contributed by atoms with Crippen molar-refractivity contribution in [2.45, 2.75) is 37.9 Å². The molecule has 1 aliphatic carbocycles. The number of amides is 1. The molecular weight excluding hydrogens is 342 g/mol. The minimum Gasteiger partial charge on any atom is -0.453 e. The third kappa shape index (κ3) is 2.74. The van der Waals surface area contributed by atoms with Crippen LogP contribution in [0.25, 0.3) is 0 Å². The van der Waals surface area contributed by atoms with Gasteiger partial charge in [0.25, 0.3) is 0 Å². The second kappa shape index (κ2) is 6.35. The molecule has 2 aliphatic rings. The van der Waals surface area contributed by atoms with Gasteiger partial charge in [0.15, 0.2) is 0 Å². The van der Waals surface area contributed by atoms with Gasteiger partial charge < -0.3 is 15.0 Å². The fourth-order valence-corrected chi connectivity index (χ4v) is 3.99. The zero-order valence-corrected chi connectivity index (χ0v) is 14.4. The van der Waals surface area contributed by atoms with Crippen LogP contribution in [0.1, 0.15) is 28.7 Å². The number of imidazole rings is 1. The number of nitrogens with zero attached hydrogens (tertiary/aromatic N) is 3. The number of carbonyl (C=O) groups is 1. The van der Waals surface area contributed by atoms with Crippen LogP contribution in [0.5, 0.6) is 0 Å². The van der Waals surface area contributed by atoms with Crippen molar-refractivity contribution in [3.8, 4) is 0 Å². The first kappa shape index (κ1) is 17.0. The van der Waals surface area contributed by atoms with Crippen LogP contribution in [-0.2, 0) is 30.7 Å². The third-order valence-electron chi connectivity index (χ3n) is 5.31. The minimum atomic E-state index is -0.475. The predicted molar refractivity (Wildman–Crippen MR) is 89.5 cm³/mol. The largest absolute Gasteiger partial charge is 0.453 e. The molecule has 2 heterocycles. The molecule has 0 spiro atoms. The average molecular weight is 362 g/mol. The van der Waals surface area contributed by atoms with Crippen LogP contribution in [0.2, 0.25) is 0 Å². The lowest BCUT2D eigenvalue weighted by atomic mass is 9.80. The molecule has 6 nitrogen and oxygen atoms in total. The van der Waals surface area contributed by atoms with E-state index in [0.717, 1.165) is 29.3 Å². The van der Waals surface area contributed by atoms with Crippen molar-refractivity contribution in [2.24, 2.45) is 5.73 Å². The lowest BCUT2D eigenvalue weighted by Gasteiger charge is -2.31. The molecule has 1 aromatic heterocycles. The number of rotatable bonds is 1. The lowest BCUT2D eigenvalue weighted by Crippen LogP contribution is -2.40. The highest BCUT2D eigenvalue weighted by Crippen LogP contribution is 2.34. The van der Waals surface area contributed by atoms with Crippen molar-refractivity contribution in [1.29, 1.82) is 0 Å². The highest BCUT2D eigenvalue weighted by atomic mass is 19.1. The number of methoxy groups -OCH3 is 1. The molecule has 4 rings (SSSR count). The first-order chi connectivity index (χ1) is 12.5. The monoisotopic (exact) mass is 362 g/mol. The first-order valence-electron chi connectivity index (χ1n) is 8.58. The van der Waals surface area contributed by atoms with Crippen molar-refractivity contribution >= 4 is 6.09 Å². The molecule has 8 heteroatoms. The molecule has 2 N–H and O–H groups in total. The second-order valence-electron chi connectivity index (χ2n) is 6.81. The summed E-state index contributed by atoms with van der Waals surface area (Å²) in [5.74, 6) is -0.473. The Balaban J connectivity index is 1.65. The van der Waals surface area contributed by atoms with E-state index in [-0.39, 0.29) is 18.1 Å². The van der Waals surface area contributed by atoms with Crippen molar-refractivity contribution in [2.75, 3.05) is 13.7 Å². The Morgan fingerprint density at radius 2 is 2.12 bits per heavy atom. The molecule has 2 atom stereocenters. The smallest absolute Gasteiger partial charge is 0.409 e. The number of halogens is 2. The van der Waals surface area contributed by atoms with Crippen molar-refractivity contribution in [3.05, 3.63) is 52.6 Å². The van der Waals surface area contributed by atoms with Crippen molar-refractivity contribution in [3.63, 3.8) is 0 Å². The van der Waals surface area contributed by atoms with E-state index in [1.54, 1.807) is 4.90 Å².